The fraction of sp³-hybridized carbons (Fsp3) is 0.600. The van der Waals surface area contributed by atoms with Crippen LogP contribution in [0.15, 0.2) is 134 Å². The maximum Gasteiger partial charge on any atom is 0.335 e. The standard InChI is InChI=1S/C65H100O12/c1-4-7-10-13-16-19-22-25-27-29-31-34-36-39-42-45-48-51-57(66)73-54-56(75-58(67)52-49-46-43-40-37-33-24-21-18-15-12-9-6-3)55-74-65-63(61(70)60(69)62(77-65)64(71)72)76-59(68)53-50-47-44-41-38-35-32-30-28-26-23-20-17-14-11-8-5-2/h7-8,10-12,15-17,19-21,24-28,31-32,34-35,41,44,56,60-63,65,69-70H,4-6,9,13-14,18,22-23,29-30,33,36-40,42-43,45-55H2,1-3H3,(H,71,72)/b10-7-,11-8-,15-12-,19-16-,20-17-,24-21-,27-25-,28-26-,34-31-,35-32-,44-41-. The first-order valence-corrected chi connectivity index (χ1v) is 29.2. The van der Waals surface area contributed by atoms with E-state index >= 15 is 0 Å². The molecule has 1 saturated heterocycles. The lowest BCUT2D eigenvalue weighted by Crippen LogP contribution is -2.61. The van der Waals surface area contributed by atoms with E-state index in [-0.39, 0.29) is 25.9 Å². The summed E-state index contributed by atoms with van der Waals surface area (Å²) in [6, 6.07) is 0. The van der Waals surface area contributed by atoms with Gasteiger partial charge in [-0.1, -0.05) is 193 Å². The molecule has 0 aromatic heterocycles. The van der Waals surface area contributed by atoms with Gasteiger partial charge in [0.15, 0.2) is 24.6 Å². The summed E-state index contributed by atoms with van der Waals surface area (Å²) in [5.74, 6) is -3.27. The molecule has 3 N–H and O–H groups in total. The number of ether oxygens (including phenoxy) is 5. The Morgan fingerprint density at radius 2 is 0.831 bits per heavy atom. The number of carbonyl (C=O) groups excluding carboxylic acids is 3. The van der Waals surface area contributed by atoms with Gasteiger partial charge in [-0.2, -0.15) is 0 Å². The summed E-state index contributed by atoms with van der Waals surface area (Å²) < 4.78 is 28.3. The maximum atomic E-state index is 13.1. The second-order valence-electron chi connectivity index (χ2n) is 19.2. The minimum Gasteiger partial charge on any atom is -0.479 e. The highest BCUT2D eigenvalue weighted by molar-refractivity contribution is 5.74. The van der Waals surface area contributed by atoms with Crippen molar-refractivity contribution in [2.45, 2.75) is 237 Å². The van der Waals surface area contributed by atoms with Crippen LogP contribution in [0.25, 0.3) is 0 Å². The Labute approximate surface area is 464 Å². The smallest absolute Gasteiger partial charge is 0.335 e. The van der Waals surface area contributed by atoms with Gasteiger partial charge in [-0.3, -0.25) is 14.4 Å². The van der Waals surface area contributed by atoms with Crippen molar-refractivity contribution in [3.8, 4) is 0 Å². The topological polar surface area (TPSA) is 175 Å². The number of aliphatic hydroxyl groups is 2. The van der Waals surface area contributed by atoms with Gasteiger partial charge in [0.1, 0.15) is 18.8 Å². The van der Waals surface area contributed by atoms with E-state index in [2.05, 4.69) is 142 Å². The molecule has 0 radical (unpaired) electrons. The first kappa shape index (κ1) is 69.9. The van der Waals surface area contributed by atoms with Crippen molar-refractivity contribution >= 4 is 23.9 Å². The summed E-state index contributed by atoms with van der Waals surface area (Å²) in [5.41, 5.74) is 0. The van der Waals surface area contributed by atoms with Gasteiger partial charge in [0.05, 0.1) is 6.61 Å². The molecule has 6 unspecified atom stereocenters. The molecule has 0 aromatic carbocycles. The molecule has 0 aliphatic carbocycles. The van der Waals surface area contributed by atoms with E-state index in [0.29, 0.717) is 25.7 Å². The largest absolute Gasteiger partial charge is 0.479 e. The van der Waals surface area contributed by atoms with Crippen LogP contribution in [-0.2, 0) is 42.9 Å². The second-order valence-corrected chi connectivity index (χ2v) is 19.2. The van der Waals surface area contributed by atoms with Crippen molar-refractivity contribution in [1.82, 2.24) is 0 Å². The Morgan fingerprint density at radius 1 is 0.442 bits per heavy atom. The van der Waals surface area contributed by atoms with Crippen molar-refractivity contribution in [2.24, 2.45) is 0 Å². The van der Waals surface area contributed by atoms with Gasteiger partial charge in [0.25, 0.3) is 0 Å². The molecule has 1 aliphatic heterocycles. The first-order valence-electron chi connectivity index (χ1n) is 29.2. The van der Waals surface area contributed by atoms with Crippen molar-refractivity contribution < 1.29 is 58.2 Å². The molecule has 0 bridgehead atoms. The number of aliphatic hydroxyl groups excluding tert-OH is 2. The predicted octanol–water partition coefficient (Wildman–Crippen LogP) is 15.0. The molecule has 1 fully saturated rings. The van der Waals surface area contributed by atoms with Gasteiger partial charge in [-0.25, -0.2) is 4.79 Å². The number of hydrogen-bond acceptors (Lipinski definition) is 11. The van der Waals surface area contributed by atoms with Crippen LogP contribution < -0.4 is 0 Å². The molecule has 12 heteroatoms. The molecule has 6 atom stereocenters. The Morgan fingerprint density at radius 3 is 1.29 bits per heavy atom. The fourth-order valence-electron chi connectivity index (χ4n) is 7.78. The molecular weight excluding hydrogens is 973 g/mol. The van der Waals surface area contributed by atoms with Crippen LogP contribution in [0, 0.1) is 0 Å². The van der Waals surface area contributed by atoms with Gasteiger partial charge in [0, 0.05) is 19.3 Å². The zero-order valence-electron chi connectivity index (χ0n) is 47.4. The average molecular weight is 1070 g/mol. The molecule has 0 spiro atoms. The van der Waals surface area contributed by atoms with Crippen LogP contribution in [0.1, 0.15) is 201 Å². The highest BCUT2D eigenvalue weighted by atomic mass is 16.7. The van der Waals surface area contributed by atoms with Crippen LogP contribution in [-0.4, -0.2) is 89.2 Å². The van der Waals surface area contributed by atoms with Crippen molar-refractivity contribution in [3.63, 3.8) is 0 Å². The van der Waals surface area contributed by atoms with Gasteiger partial charge < -0.3 is 39.0 Å². The van der Waals surface area contributed by atoms with Crippen LogP contribution in [0.3, 0.4) is 0 Å². The fourth-order valence-corrected chi connectivity index (χ4v) is 7.78. The summed E-state index contributed by atoms with van der Waals surface area (Å²) in [6.45, 7) is 5.62. The van der Waals surface area contributed by atoms with Crippen LogP contribution in [0.4, 0.5) is 0 Å². The highest BCUT2D eigenvalue weighted by Crippen LogP contribution is 2.26. The number of aliphatic carboxylic acids is 1. The lowest BCUT2D eigenvalue weighted by atomic mass is 9.98. The summed E-state index contributed by atoms with van der Waals surface area (Å²) in [5, 5.41) is 31.5. The zero-order valence-corrected chi connectivity index (χ0v) is 47.4. The van der Waals surface area contributed by atoms with E-state index in [0.717, 1.165) is 135 Å². The number of rotatable bonds is 47. The molecule has 1 rings (SSSR count). The molecule has 77 heavy (non-hydrogen) atoms. The monoisotopic (exact) mass is 1070 g/mol. The van der Waals surface area contributed by atoms with Crippen molar-refractivity contribution in [3.05, 3.63) is 134 Å². The lowest BCUT2D eigenvalue weighted by molar-refractivity contribution is -0.301. The average Bonchev–Trinajstić information content (AvgIpc) is 3.42. The van der Waals surface area contributed by atoms with Gasteiger partial charge in [-0.05, 0) is 122 Å². The van der Waals surface area contributed by atoms with E-state index in [1.54, 1.807) is 0 Å². The molecule has 12 nitrogen and oxygen atoms in total. The molecule has 0 amide bonds. The van der Waals surface area contributed by atoms with Crippen molar-refractivity contribution in [2.75, 3.05) is 13.2 Å². The lowest BCUT2D eigenvalue weighted by Gasteiger charge is -2.40. The highest BCUT2D eigenvalue weighted by Gasteiger charge is 2.50. The SMILES string of the molecule is CC/C=C\C/C=C\C/C=C\C/C=C\C/C=C\CCCC(=O)OC1C(OCC(COC(=O)CCCCCC/C=C\C/C=C\C/C=C\C/C=C\CC)OC(=O)CCCCCCC/C=C\C/C=C\CCC)OC(C(=O)O)C(O)C1O. The molecule has 1 heterocycles. The minimum atomic E-state index is -1.94. The van der Waals surface area contributed by atoms with Crippen LogP contribution in [0.2, 0.25) is 0 Å². The van der Waals surface area contributed by atoms with Gasteiger partial charge in [-0.15, -0.1) is 0 Å². The number of carbonyl (C=O) groups is 4. The normalized spacial score (nSPS) is 19.0. The summed E-state index contributed by atoms with van der Waals surface area (Å²) in [7, 11) is 0. The van der Waals surface area contributed by atoms with E-state index in [4.69, 9.17) is 23.7 Å². The van der Waals surface area contributed by atoms with E-state index < -0.39 is 67.3 Å². The first-order chi connectivity index (χ1) is 37.6. The quantitative estimate of drug-likeness (QED) is 0.0228. The Bertz CT molecular complexity index is 1850. The number of esters is 3. The molecule has 0 saturated carbocycles. The van der Waals surface area contributed by atoms with E-state index in [1.807, 2.05) is 12.2 Å². The van der Waals surface area contributed by atoms with Crippen LogP contribution >= 0.6 is 0 Å². The van der Waals surface area contributed by atoms with Gasteiger partial charge >= 0.3 is 23.9 Å². The number of carboxylic acids is 1. The Hall–Kier alpha value is -5.14. The third kappa shape index (κ3) is 41.6. The molecule has 432 valence electrons. The third-order valence-electron chi connectivity index (χ3n) is 12.2. The summed E-state index contributed by atoms with van der Waals surface area (Å²) in [4.78, 5) is 51.1. The molecule has 1 aliphatic rings. The Balaban J connectivity index is 2.76. The number of hydrogen-bond donors (Lipinski definition) is 3. The van der Waals surface area contributed by atoms with Gasteiger partial charge in [0.2, 0.25) is 0 Å². The number of unbranched alkanes of at least 4 members (excludes halogenated alkanes) is 11. The summed E-state index contributed by atoms with van der Waals surface area (Å²) in [6.07, 6.45) is 60.0. The van der Waals surface area contributed by atoms with Crippen LogP contribution in [0.5, 0.6) is 0 Å². The zero-order chi connectivity index (χ0) is 56.1. The molecular formula is C65H100O12. The second kappa shape index (κ2) is 51.6. The predicted molar refractivity (Wildman–Crippen MR) is 312 cm³/mol. The number of allylic oxidation sites excluding steroid dienone is 22. The Kier molecular flexibility index (Phi) is 46.8. The number of carboxylic acid groups (broad SMARTS) is 1. The molecule has 0 aromatic rings. The summed E-state index contributed by atoms with van der Waals surface area (Å²) >= 11 is 0. The maximum absolute atomic E-state index is 13.1. The van der Waals surface area contributed by atoms with E-state index in [1.165, 1.54) is 0 Å². The third-order valence-corrected chi connectivity index (χ3v) is 12.2. The minimum absolute atomic E-state index is 0.0295. The van der Waals surface area contributed by atoms with E-state index in [9.17, 15) is 34.5 Å². The van der Waals surface area contributed by atoms with Crippen molar-refractivity contribution in [1.29, 1.82) is 0 Å².